The fraction of sp³-hybridized carbons (Fsp3) is 0.278. The van der Waals surface area contributed by atoms with Crippen molar-refractivity contribution in [2.45, 2.75) is 25.4 Å². The Balaban J connectivity index is 2.11. The highest BCUT2D eigenvalue weighted by atomic mass is 19.2. The summed E-state index contributed by atoms with van der Waals surface area (Å²) in [5.41, 5.74) is 0.987. The Hall–Kier alpha value is -2.34. The lowest BCUT2D eigenvalue weighted by atomic mass is 10.0. The molecule has 2 aromatic carbocycles. The first-order valence-electron chi connectivity index (χ1n) is 7.47. The average Bonchev–Trinajstić information content (AvgIpc) is 2.58. The van der Waals surface area contributed by atoms with Crippen molar-refractivity contribution in [3.63, 3.8) is 0 Å². The van der Waals surface area contributed by atoms with Crippen LogP contribution in [0.2, 0.25) is 0 Å². The Kier molecular flexibility index (Phi) is 6.37. The molecule has 0 bridgehead atoms. The van der Waals surface area contributed by atoms with Crippen molar-refractivity contribution in [1.82, 2.24) is 5.32 Å². The number of ether oxygens (including phenoxy) is 1. The van der Waals surface area contributed by atoms with Gasteiger partial charge in [0, 0.05) is 18.7 Å². The van der Waals surface area contributed by atoms with E-state index in [1.165, 1.54) is 7.11 Å². The van der Waals surface area contributed by atoms with Gasteiger partial charge in [-0.2, -0.15) is 0 Å². The fourth-order valence-electron chi connectivity index (χ4n) is 2.34. The van der Waals surface area contributed by atoms with E-state index in [2.05, 4.69) is 10.1 Å². The predicted octanol–water partition coefficient (Wildman–Crippen LogP) is 3.37. The van der Waals surface area contributed by atoms with Gasteiger partial charge in [0.05, 0.1) is 13.5 Å². The highest BCUT2D eigenvalue weighted by Crippen LogP contribution is 2.17. The van der Waals surface area contributed by atoms with Gasteiger partial charge in [0.15, 0.2) is 11.6 Å². The van der Waals surface area contributed by atoms with E-state index >= 15 is 0 Å². The van der Waals surface area contributed by atoms with Gasteiger partial charge in [0.2, 0.25) is 0 Å². The van der Waals surface area contributed by atoms with Crippen molar-refractivity contribution in [2.24, 2.45) is 0 Å². The van der Waals surface area contributed by atoms with Crippen LogP contribution in [-0.4, -0.2) is 19.1 Å². The van der Waals surface area contributed by atoms with E-state index in [0.717, 1.165) is 11.6 Å². The number of esters is 1. The molecule has 0 amide bonds. The topological polar surface area (TPSA) is 38.3 Å². The van der Waals surface area contributed by atoms with Crippen LogP contribution in [0.3, 0.4) is 0 Å². The number of methoxy groups -OCH3 is 1. The molecule has 0 aliphatic heterocycles. The van der Waals surface area contributed by atoms with Crippen molar-refractivity contribution in [2.75, 3.05) is 7.11 Å². The Bertz CT molecular complexity index is 692. The normalized spacial score (nSPS) is 12.0. The zero-order valence-electron chi connectivity index (χ0n) is 13.2. The maximum Gasteiger partial charge on any atom is 0.307 e. The highest BCUT2D eigenvalue weighted by molar-refractivity contribution is 5.70. The quantitative estimate of drug-likeness (QED) is 0.622. The number of nitrogens with one attached hydrogen (secondary N) is 1. The van der Waals surface area contributed by atoms with Crippen LogP contribution >= 0.6 is 0 Å². The van der Waals surface area contributed by atoms with Gasteiger partial charge in [-0.1, -0.05) is 30.3 Å². The molecule has 1 N–H and O–H groups in total. The zero-order valence-corrected chi connectivity index (χ0v) is 13.2. The number of benzene rings is 2. The van der Waals surface area contributed by atoms with Gasteiger partial charge >= 0.3 is 5.97 Å². The van der Waals surface area contributed by atoms with Gasteiger partial charge < -0.3 is 10.1 Å². The number of hydrogen-bond acceptors (Lipinski definition) is 3. The number of carbonyl (C=O) groups is 1. The van der Waals surface area contributed by atoms with Gasteiger partial charge in [-0.25, -0.2) is 13.2 Å². The molecule has 2 aromatic rings. The van der Waals surface area contributed by atoms with Crippen LogP contribution in [0.5, 0.6) is 0 Å². The minimum absolute atomic E-state index is 0.00312. The van der Waals surface area contributed by atoms with E-state index < -0.39 is 29.5 Å². The standard InChI is InChI=1S/C18H18F3NO2/c1-24-18(23)9-14(22-11-12-5-3-2-4-6-12)7-13-8-16(20)17(21)10-15(13)19/h2-6,8,10,14,22H,7,9,11H2,1H3. The number of carbonyl (C=O) groups excluding carboxylic acids is 1. The van der Waals surface area contributed by atoms with Crippen LogP contribution in [0.4, 0.5) is 13.2 Å². The SMILES string of the molecule is COC(=O)CC(Cc1cc(F)c(F)cc1F)NCc1ccccc1. The van der Waals surface area contributed by atoms with Gasteiger partial charge in [-0.15, -0.1) is 0 Å². The largest absolute Gasteiger partial charge is 0.469 e. The second-order valence-electron chi connectivity index (χ2n) is 5.41. The summed E-state index contributed by atoms with van der Waals surface area (Å²) in [6.07, 6.45) is 0.0206. The maximum atomic E-state index is 13.8. The monoisotopic (exact) mass is 337 g/mol. The lowest BCUT2D eigenvalue weighted by Gasteiger charge is -2.18. The van der Waals surface area contributed by atoms with Crippen molar-refractivity contribution >= 4 is 5.97 Å². The summed E-state index contributed by atoms with van der Waals surface area (Å²) in [7, 11) is 1.26. The van der Waals surface area contributed by atoms with Crippen molar-refractivity contribution < 1.29 is 22.7 Å². The van der Waals surface area contributed by atoms with Gasteiger partial charge in [0.25, 0.3) is 0 Å². The molecule has 6 heteroatoms. The molecule has 1 atom stereocenters. The second kappa shape index (κ2) is 8.49. The van der Waals surface area contributed by atoms with Gasteiger partial charge in [-0.05, 0) is 23.6 Å². The molecule has 0 fully saturated rings. The molecule has 128 valence electrons. The summed E-state index contributed by atoms with van der Waals surface area (Å²) in [6, 6.07) is 10.3. The van der Waals surface area contributed by atoms with Crippen LogP contribution in [-0.2, 0) is 22.5 Å². The summed E-state index contributed by atoms with van der Waals surface area (Å²) in [5, 5.41) is 3.13. The summed E-state index contributed by atoms with van der Waals surface area (Å²) in [4.78, 5) is 11.5. The van der Waals surface area contributed by atoms with E-state index in [4.69, 9.17) is 0 Å². The third-order valence-corrected chi connectivity index (χ3v) is 3.63. The minimum atomic E-state index is -1.24. The van der Waals surface area contributed by atoms with E-state index in [1.54, 1.807) is 0 Å². The van der Waals surface area contributed by atoms with Crippen LogP contribution in [0.25, 0.3) is 0 Å². The first kappa shape index (κ1) is 18.0. The summed E-state index contributed by atoms with van der Waals surface area (Å²) >= 11 is 0. The summed E-state index contributed by atoms with van der Waals surface area (Å²) in [5.74, 6) is -3.67. The Labute approximate surface area is 138 Å². The van der Waals surface area contributed by atoms with Gasteiger partial charge in [0.1, 0.15) is 5.82 Å². The first-order valence-corrected chi connectivity index (χ1v) is 7.47. The van der Waals surface area contributed by atoms with E-state index in [-0.39, 0.29) is 18.4 Å². The lowest BCUT2D eigenvalue weighted by Crippen LogP contribution is -2.33. The van der Waals surface area contributed by atoms with Crippen LogP contribution in [0, 0.1) is 17.5 Å². The van der Waals surface area contributed by atoms with Crippen molar-refractivity contribution in [3.8, 4) is 0 Å². The first-order chi connectivity index (χ1) is 11.5. The Morgan fingerprint density at radius 2 is 1.75 bits per heavy atom. The molecule has 0 heterocycles. The predicted molar refractivity (Wildman–Crippen MR) is 83.7 cm³/mol. The fourth-order valence-corrected chi connectivity index (χ4v) is 2.34. The molecule has 3 nitrogen and oxygen atoms in total. The molecule has 0 saturated heterocycles. The molecule has 0 aliphatic rings. The molecule has 0 spiro atoms. The Morgan fingerprint density at radius 1 is 1.08 bits per heavy atom. The van der Waals surface area contributed by atoms with Crippen LogP contribution in [0.1, 0.15) is 17.5 Å². The lowest BCUT2D eigenvalue weighted by molar-refractivity contribution is -0.141. The van der Waals surface area contributed by atoms with Gasteiger partial charge in [-0.3, -0.25) is 4.79 Å². The number of hydrogen-bond donors (Lipinski definition) is 1. The second-order valence-corrected chi connectivity index (χ2v) is 5.41. The smallest absolute Gasteiger partial charge is 0.307 e. The summed E-state index contributed by atoms with van der Waals surface area (Å²) in [6.45, 7) is 0.452. The molecule has 0 aromatic heterocycles. The molecule has 0 radical (unpaired) electrons. The Morgan fingerprint density at radius 3 is 2.42 bits per heavy atom. The maximum absolute atomic E-state index is 13.8. The summed E-state index contributed by atoms with van der Waals surface area (Å²) < 4.78 is 44.8. The zero-order chi connectivity index (χ0) is 17.5. The van der Waals surface area contributed by atoms with E-state index in [9.17, 15) is 18.0 Å². The average molecular weight is 337 g/mol. The third kappa shape index (κ3) is 5.09. The highest BCUT2D eigenvalue weighted by Gasteiger charge is 2.18. The third-order valence-electron chi connectivity index (χ3n) is 3.63. The molecular formula is C18H18F3NO2. The number of halogens is 3. The number of rotatable bonds is 7. The molecule has 0 aliphatic carbocycles. The van der Waals surface area contributed by atoms with Crippen LogP contribution in [0.15, 0.2) is 42.5 Å². The molecule has 0 saturated carbocycles. The molecule has 24 heavy (non-hydrogen) atoms. The van der Waals surface area contributed by atoms with E-state index in [1.807, 2.05) is 30.3 Å². The molecular weight excluding hydrogens is 319 g/mol. The van der Waals surface area contributed by atoms with Crippen molar-refractivity contribution in [1.29, 1.82) is 0 Å². The van der Waals surface area contributed by atoms with Crippen LogP contribution < -0.4 is 5.32 Å². The molecule has 1 unspecified atom stereocenters. The van der Waals surface area contributed by atoms with Crippen molar-refractivity contribution in [3.05, 3.63) is 71.0 Å². The molecule has 2 rings (SSSR count). The minimum Gasteiger partial charge on any atom is -0.469 e. The van der Waals surface area contributed by atoms with E-state index in [0.29, 0.717) is 12.6 Å².